The molecule has 0 aliphatic heterocycles. The highest BCUT2D eigenvalue weighted by Crippen LogP contribution is 2.27. The molecule has 1 N–H and O–H groups in total. The number of carbonyl (C=O) groups excluding carboxylic acids is 1. The van der Waals surface area contributed by atoms with E-state index in [0.29, 0.717) is 29.0 Å². The van der Waals surface area contributed by atoms with Gasteiger partial charge in [-0.15, -0.1) is 0 Å². The number of sulfonamides is 1. The van der Waals surface area contributed by atoms with Gasteiger partial charge in [-0.3, -0.25) is 0 Å². The van der Waals surface area contributed by atoms with Gasteiger partial charge in [0.25, 0.3) is 0 Å². The summed E-state index contributed by atoms with van der Waals surface area (Å²) < 4.78 is 38.3. The quantitative estimate of drug-likeness (QED) is 0.632. The van der Waals surface area contributed by atoms with Crippen molar-refractivity contribution < 1.29 is 27.8 Å². The number of hydrogen-bond acceptors (Lipinski definition) is 6. The number of nitrogens with one attached hydrogen (secondary N) is 1. The molecular weight excluding hydrogens is 382 g/mol. The van der Waals surface area contributed by atoms with Gasteiger partial charge in [-0.2, -0.15) is 0 Å². The third-order valence-corrected chi connectivity index (χ3v) is 5.67. The van der Waals surface area contributed by atoms with Crippen LogP contribution >= 0.6 is 0 Å². The van der Waals surface area contributed by atoms with E-state index in [9.17, 15) is 18.3 Å². The first kappa shape index (κ1) is 21.5. The number of aryl methyl sites for hydroxylation is 1. The highest BCUT2D eigenvalue weighted by Gasteiger charge is 2.16. The molecule has 28 heavy (non-hydrogen) atoms. The zero-order valence-corrected chi connectivity index (χ0v) is 16.7. The predicted octanol–water partition coefficient (Wildman–Crippen LogP) is 1.30. The molecule has 0 amide bonds. The van der Waals surface area contributed by atoms with Crippen LogP contribution in [-0.2, 0) is 21.2 Å². The molecule has 0 saturated carbocycles. The van der Waals surface area contributed by atoms with Crippen LogP contribution in [0.1, 0.15) is 16.7 Å². The fourth-order valence-electron chi connectivity index (χ4n) is 2.62. The summed E-state index contributed by atoms with van der Waals surface area (Å²) in [7, 11) is -0.671. The molecule has 0 radical (unpaired) electrons. The second-order valence-electron chi connectivity index (χ2n) is 6.01. The molecule has 0 aliphatic carbocycles. The van der Waals surface area contributed by atoms with Crippen LogP contribution in [0.15, 0.2) is 47.4 Å². The molecule has 0 spiro atoms. The third-order valence-electron chi connectivity index (χ3n) is 4.07. The van der Waals surface area contributed by atoms with Crippen molar-refractivity contribution in [2.24, 2.45) is 0 Å². The topological polar surface area (TPSA) is 105 Å². The summed E-state index contributed by atoms with van der Waals surface area (Å²) in [5.74, 6) is -0.173. The van der Waals surface area contributed by atoms with Crippen LogP contribution in [0.25, 0.3) is 6.08 Å². The first-order valence-electron chi connectivity index (χ1n) is 8.47. The minimum atomic E-state index is -3.75. The summed E-state index contributed by atoms with van der Waals surface area (Å²) in [6.45, 7) is 1.87. The van der Waals surface area contributed by atoms with Crippen molar-refractivity contribution in [3.05, 3.63) is 59.2 Å². The minimum absolute atomic E-state index is 0.0975. The lowest BCUT2D eigenvalue weighted by atomic mass is 10.1. The van der Waals surface area contributed by atoms with Gasteiger partial charge in [-0.05, 0) is 54.3 Å². The average molecular weight is 404 g/mol. The monoisotopic (exact) mass is 404 g/mol. The van der Waals surface area contributed by atoms with Gasteiger partial charge >= 0.3 is 0 Å². The summed E-state index contributed by atoms with van der Waals surface area (Å²) in [5.41, 5.74) is 1.90. The van der Waals surface area contributed by atoms with Crippen molar-refractivity contribution in [3.63, 3.8) is 0 Å². The van der Waals surface area contributed by atoms with Gasteiger partial charge < -0.3 is 19.4 Å². The molecule has 0 fully saturated rings. The van der Waals surface area contributed by atoms with E-state index in [0.717, 1.165) is 11.6 Å². The van der Waals surface area contributed by atoms with E-state index in [4.69, 9.17) is 9.47 Å². The van der Waals surface area contributed by atoms with Gasteiger partial charge in [0.15, 0.2) is 11.5 Å². The molecule has 2 aromatic rings. The largest absolute Gasteiger partial charge is 0.545 e. The number of hydrogen-bond donors (Lipinski definition) is 1. The van der Waals surface area contributed by atoms with E-state index in [-0.39, 0.29) is 11.4 Å². The number of carboxylic acids is 1. The summed E-state index contributed by atoms with van der Waals surface area (Å²) >= 11 is 0. The second-order valence-corrected chi connectivity index (χ2v) is 7.75. The molecule has 8 heteroatoms. The van der Waals surface area contributed by atoms with Crippen molar-refractivity contribution in [1.82, 2.24) is 4.72 Å². The lowest BCUT2D eigenvalue weighted by Crippen LogP contribution is -2.26. The van der Waals surface area contributed by atoms with E-state index < -0.39 is 16.0 Å². The Morgan fingerprint density at radius 1 is 1.11 bits per heavy atom. The zero-order valence-electron chi connectivity index (χ0n) is 15.9. The standard InChI is InChI=1S/C20H23NO6S/c1-14-4-5-15(7-9-20(22)23)13-19(14)28(24,25)21-11-10-16-6-8-17(26-2)18(12-16)27-3/h4-9,12-13,21H,10-11H2,1-3H3,(H,22,23)/p-1/b9-7+. The van der Waals surface area contributed by atoms with Gasteiger partial charge in [0.1, 0.15) is 0 Å². The zero-order chi connectivity index (χ0) is 20.7. The smallest absolute Gasteiger partial charge is 0.240 e. The Morgan fingerprint density at radius 2 is 1.82 bits per heavy atom. The fraction of sp³-hybridized carbons (Fsp3) is 0.250. The SMILES string of the molecule is COc1ccc(CCNS(=O)(=O)c2cc(/C=C/C(=O)[O-])ccc2C)cc1OC. The van der Waals surface area contributed by atoms with Crippen molar-refractivity contribution in [2.45, 2.75) is 18.2 Å². The molecule has 0 aromatic heterocycles. The lowest BCUT2D eigenvalue weighted by molar-refractivity contribution is -0.297. The van der Waals surface area contributed by atoms with Gasteiger partial charge in [-0.1, -0.05) is 24.3 Å². The average Bonchev–Trinajstić information content (AvgIpc) is 2.66. The van der Waals surface area contributed by atoms with Crippen LogP contribution in [0.5, 0.6) is 11.5 Å². The van der Waals surface area contributed by atoms with Crippen LogP contribution in [0.4, 0.5) is 0 Å². The molecule has 0 saturated heterocycles. The molecule has 2 rings (SSSR count). The van der Waals surface area contributed by atoms with Gasteiger partial charge in [0.2, 0.25) is 10.0 Å². The Bertz CT molecular complexity index is 982. The molecule has 0 atom stereocenters. The molecule has 0 heterocycles. The highest BCUT2D eigenvalue weighted by atomic mass is 32.2. The number of carbonyl (C=O) groups is 1. The summed E-state index contributed by atoms with van der Waals surface area (Å²) in [6, 6.07) is 10.1. The minimum Gasteiger partial charge on any atom is -0.545 e. The van der Waals surface area contributed by atoms with Crippen molar-refractivity contribution in [2.75, 3.05) is 20.8 Å². The number of aliphatic carboxylic acids is 1. The Hall–Kier alpha value is -2.84. The Balaban J connectivity index is 2.12. The fourth-order valence-corrected chi connectivity index (χ4v) is 3.93. The van der Waals surface area contributed by atoms with Crippen LogP contribution in [0, 0.1) is 6.92 Å². The second kappa shape index (κ2) is 9.38. The van der Waals surface area contributed by atoms with E-state index in [1.165, 1.54) is 19.3 Å². The Labute approximate surface area is 164 Å². The van der Waals surface area contributed by atoms with E-state index >= 15 is 0 Å². The van der Waals surface area contributed by atoms with E-state index in [1.807, 2.05) is 6.07 Å². The number of carboxylic acid groups (broad SMARTS) is 1. The first-order valence-corrected chi connectivity index (χ1v) is 9.95. The van der Waals surface area contributed by atoms with Gasteiger partial charge in [0.05, 0.1) is 25.1 Å². The summed E-state index contributed by atoms with van der Waals surface area (Å²) in [6.07, 6.45) is 2.60. The molecule has 0 bridgehead atoms. The first-order chi connectivity index (χ1) is 13.3. The molecular formula is C20H22NO6S-. The van der Waals surface area contributed by atoms with E-state index in [2.05, 4.69) is 4.72 Å². The predicted molar refractivity (Wildman–Crippen MR) is 104 cm³/mol. The maximum Gasteiger partial charge on any atom is 0.240 e. The number of rotatable bonds is 9. The number of methoxy groups -OCH3 is 2. The maximum atomic E-state index is 12.6. The summed E-state index contributed by atoms with van der Waals surface area (Å²) in [4.78, 5) is 10.6. The maximum absolute atomic E-state index is 12.6. The molecule has 150 valence electrons. The lowest BCUT2D eigenvalue weighted by Gasteiger charge is -2.12. The highest BCUT2D eigenvalue weighted by molar-refractivity contribution is 7.89. The molecule has 0 unspecified atom stereocenters. The normalized spacial score (nSPS) is 11.5. The molecule has 2 aromatic carbocycles. The van der Waals surface area contributed by atoms with E-state index in [1.54, 1.807) is 38.3 Å². The third kappa shape index (κ3) is 5.58. The molecule has 0 aliphatic rings. The van der Waals surface area contributed by atoms with Crippen LogP contribution in [0.2, 0.25) is 0 Å². The Morgan fingerprint density at radius 3 is 2.46 bits per heavy atom. The number of benzene rings is 2. The van der Waals surface area contributed by atoms with Crippen LogP contribution < -0.4 is 19.3 Å². The molecule has 7 nitrogen and oxygen atoms in total. The van der Waals surface area contributed by atoms with Gasteiger partial charge in [0, 0.05) is 6.54 Å². The Kier molecular flexibility index (Phi) is 7.19. The van der Waals surface area contributed by atoms with Crippen molar-refractivity contribution >= 4 is 22.1 Å². The van der Waals surface area contributed by atoms with Crippen LogP contribution in [-0.4, -0.2) is 35.2 Å². The number of ether oxygens (including phenoxy) is 2. The summed E-state index contributed by atoms with van der Waals surface area (Å²) in [5, 5.41) is 10.5. The van der Waals surface area contributed by atoms with Gasteiger partial charge in [-0.25, -0.2) is 13.1 Å². The van der Waals surface area contributed by atoms with Crippen molar-refractivity contribution in [3.8, 4) is 11.5 Å². The van der Waals surface area contributed by atoms with Crippen molar-refractivity contribution in [1.29, 1.82) is 0 Å². The van der Waals surface area contributed by atoms with Crippen LogP contribution in [0.3, 0.4) is 0 Å².